The number of carboxylic acid groups (broad SMARTS) is 1. The van der Waals surface area contributed by atoms with Crippen LogP contribution in [0.3, 0.4) is 0 Å². The van der Waals surface area contributed by atoms with Crippen molar-refractivity contribution in [2.75, 3.05) is 26.7 Å². The summed E-state index contributed by atoms with van der Waals surface area (Å²) in [6, 6.07) is 0. The van der Waals surface area contributed by atoms with Gasteiger partial charge in [0.25, 0.3) is 0 Å². The number of nitrogens with zero attached hydrogens (tertiary/aromatic N) is 2. The van der Waals surface area contributed by atoms with E-state index in [9.17, 15) is 19.5 Å². The second-order valence-corrected chi connectivity index (χ2v) is 5.49. The SMILES string of the molecule is CN(CC(=O)N1CCCC1)C(=O)C1(C(=O)O)CCC1. The molecule has 1 aliphatic heterocycles. The Morgan fingerprint density at radius 2 is 1.74 bits per heavy atom. The van der Waals surface area contributed by atoms with Crippen molar-refractivity contribution in [3.05, 3.63) is 0 Å². The van der Waals surface area contributed by atoms with E-state index in [0.29, 0.717) is 12.8 Å². The van der Waals surface area contributed by atoms with Crippen molar-refractivity contribution in [1.29, 1.82) is 0 Å². The van der Waals surface area contributed by atoms with Crippen molar-refractivity contribution in [2.45, 2.75) is 32.1 Å². The third kappa shape index (κ3) is 2.43. The smallest absolute Gasteiger partial charge is 0.319 e. The summed E-state index contributed by atoms with van der Waals surface area (Å²) in [5.74, 6) is -1.59. The van der Waals surface area contributed by atoms with E-state index in [2.05, 4.69) is 0 Å². The highest BCUT2D eigenvalue weighted by Crippen LogP contribution is 2.42. The minimum atomic E-state index is -1.28. The highest BCUT2D eigenvalue weighted by Gasteiger charge is 2.52. The minimum Gasteiger partial charge on any atom is -0.480 e. The molecule has 1 saturated carbocycles. The summed E-state index contributed by atoms with van der Waals surface area (Å²) in [6.07, 6.45) is 3.52. The van der Waals surface area contributed by atoms with E-state index in [4.69, 9.17) is 0 Å². The fourth-order valence-electron chi connectivity index (χ4n) is 2.76. The Morgan fingerprint density at radius 1 is 1.16 bits per heavy atom. The normalized spacial score (nSPS) is 20.8. The van der Waals surface area contributed by atoms with Crippen molar-refractivity contribution < 1.29 is 19.5 Å². The van der Waals surface area contributed by atoms with E-state index < -0.39 is 17.3 Å². The lowest BCUT2D eigenvalue weighted by molar-refractivity contribution is -0.167. The Morgan fingerprint density at radius 3 is 2.16 bits per heavy atom. The zero-order valence-electron chi connectivity index (χ0n) is 11.2. The molecule has 0 atom stereocenters. The molecule has 2 rings (SSSR count). The van der Waals surface area contributed by atoms with Gasteiger partial charge in [-0.3, -0.25) is 14.4 Å². The number of carboxylic acids is 1. The number of likely N-dealkylation sites (N-methyl/N-ethyl adjacent to an activating group) is 1. The molecule has 106 valence electrons. The molecular formula is C13H20N2O4. The molecule has 2 fully saturated rings. The molecule has 0 spiro atoms. The van der Waals surface area contributed by atoms with Crippen LogP contribution in [0.4, 0.5) is 0 Å². The molecule has 0 aromatic rings. The highest BCUT2D eigenvalue weighted by molar-refractivity contribution is 6.03. The third-order valence-electron chi connectivity index (χ3n) is 4.20. The summed E-state index contributed by atoms with van der Waals surface area (Å²) >= 11 is 0. The van der Waals surface area contributed by atoms with Gasteiger partial charge in [-0.1, -0.05) is 6.42 Å². The summed E-state index contributed by atoms with van der Waals surface area (Å²) in [5.41, 5.74) is -1.28. The molecule has 1 saturated heterocycles. The van der Waals surface area contributed by atoms with Crippen LogP contribution in [-0.2, 0) is 14.4 Å². The summed E-state index contributed by atoms with van der Waals surface area (Å²) < 4.78 is 0. The topological polar surface area (TPSA) is 77.9 Å². The molecule has 0 bridgehead atoms. The van der Waals surface area contributed by atoms with Crippen molar-refractivity contribution in [1.82, 2.24) is 9.80 Å². The van der Waals surface area contributed by atoms with Crippen LogP contribution < -0.4 is 0 Å². The molecule has 6 heteroatoms. The van der Waals surface area contributed by atoms with Crippen LogP contribution in [0.5, 0.6) is 0 Å². The molecule has 6 nitrogen and oxygen atoms in total. The zero-order chi connectivity index (χ0) is 14.0. The molecule has 1 heterocycles. The van der Waals surface area contributed by atoms with E-state index in [-0.39, 0.29) is 12.5 Å². The lowest BCUT2D eigenvalue weighted by Gasteiger charge is -2.38. The number of rotatable bonds is 4. The van der Waals surface area contributed by atoms with Crippen molar-refractivity contribution in [2.24, 2.45) is 5.41 Å². The Hall–Kier alpha value is -1.59. The van der Waals surface area contributed by atoms with Gasteiger partial charge in [-0.15, -0.1) is 0 Å². The van der Waals surface area contributed by atoms with Gasteiger partial charge >= 0.3 is 5.97 Å². The van der Waals surface area contributed by atoms with E-state index in [0.717, 1.165) is 32.4 Å². The van der Waals surface area contributed by atoms with Crippen LogP contribution in [0.25, 0.3) is 0 Å². The number of hydrogen-bond donors (Lipinski definition) is 1. The lowest BCUT2D eigenvalue weighted by atomic mass is 9.68. The molecule has 2 amide bonds. The number of hydrogen-bond acceptors (Lipinski definition) is 3. The van der Waals surface area contributed by atoms with Gasteiger partial charge in [0, 0.05) is 20.1 Å². The maximum atomic E-state index is 12.2. The Kier molecular flexibility index (Phi) is 3.78. The average Bonchev–Trinajstić information content (AvgIpc) is 2.79. The van der Waals surface area contributed by atoms with E-state index in [1.165, 1.54) is 11.9 Å². The summed E-state index contributed by atoms with van der Waals surface area (Å²) in [4.78, 5) is 38.4. The molecule has 1 aliphatic carbocycles. The first-order valence-corrected chi connectivity index (χ1v) is 6.74. The summed E-state index contributed by atoms with van der Waals surface area (Å²) in [7, 11) is 1.51. The molecule has 19 heavy (non-hydrogen) atoms. The van der Waals surface area contributed by atoms with Crippen molar-refractivity contribution in [3.63, 3.8) is 0 Å². The van der Waals surface area contributed by atoms with Gasteiger partial charge in [0.15, 0.2) is 0 Å². The fourth-order valence-corrected chi connectivity index (χ4v) is 2.76. The first kappa shape index (κ1) is 13.8. The van der Waals surface area contributed by atoms with Crippen molar-refractivity contribution >= 4 is 17.8 Å². The first-order chi connectivity index (χ1) is 8.97. The number of aliphatic carboxylic acids is 1. The molecule has 0 unspecified atom stereocenters. The Bertz CT molecular complexity index is 397. The monoisotopic (exact) mass is 268 g/mol. The molecule has 0 aromatic heterocycles. The van der Waals surface area contributed by atoms with Crippen LogP contribution in [0.2, 0.25) is 0 Å². The summed E-state index contributed by atoms with van der Waals surface area (Å²) in [5, 5.41) is 9.21. The molecule has 0 aromatic carbocycles. The minimum absolute atomic E-state index is 0.0200. The molecular weight excluding hydrogens is 248 g/mol. The van der Waals surface area contributed by atoms with Crippen LogP contribution in [0, 0.1) is 5.41 Å². The molecule has 0 radical (unpaired) electrons. The van der Waals surface area contributed by atoms with Gasteiger partial charge in [-0.25, -0.2) is 0 Å². The zero-order valence-corrected chi connectivity index (χ0v) is 11.2. The lowest BCUT2D eigenvalue weighted by Crippen LogP contribution is -2.53. The number of carbonyl (C=O) groups excluding carboxylic acids is 2. The van der Waals surface area contributed by atoms with Gasteiger partial charge in [0.2, 0.25) is 11.8 Å². The van der Waals surface area contributed by atoms with E-state index >= 15 is 0 Å². The van der Waals surface area contributed by atoms with Gasteiger partial charge in [-0.05, 0) is 25.7 Å². The van der Waals surface area contributed by atoms with Gasteiger partial charge in [0.1, 0.15) is 5.41 Å². The number of amides is 2. The quantitative estimate of drug-likeness (QED) is 0.745. The third-order valence-corrected chi connectivity index (χ3v) is 4.20. The van der Waals surface area contributed by atoms with Crippen LogP contribution in [-0.4, -0.2) is 59.4 Å². The van der Waals surface area contributed by atoms with Crippen LogP contribution in [0.1, 0.15) is 32.1 Å². The number of carbonyl (C=O) groups is 3. The van der Waals surface area contributed by atoms with E-state index in [1.807, 2.05) is 0 Å². The summed E-state index contributed by atoms with van der Waals surface area (Å²) in [6.45, 7) is 1.46. The van der Waals surface area contributed by atoms with Gasteiger partial charge in [0.05, 0.1) is 6.54 Å². The Balaban J connectivity index is 1.95. The molecule has 2 aliphatic rings. The van der Waals surface area contributed by atoms with Crippen LogP contribution in [0.15, 0.2) is 0 Å². The van der Waals surface area contributed by atoms with Crippen molar-refractivity contribution in [3.8, 4) is 0 Å². The van der Waals surface area contributed by atoms with E-state index in [1.54, 1.807) is 4.90 Å². The highest BCUT2D eigenvalue weighted by atomic mass is 16.4. The van der Waals surface area contributed by atoms with Gasteiger partial charge in [-0.2, -0.15) is 0 Å². The predicted octanol–water partition coefficient (Wildman–Crippen LogP) is 0.322. The Labute approximate surface area is 112 Å². The van der Waals surface area contributed by atoms with Crippen LogP contribution >= 0.6 is 0 Å². The first-order valence-electron chi connectivity index (χ1n) is 6.74. The average molecular weight is 268 g/mol. The van der Waals surface area contributed by atoms with Gasteiger partial charge < -0.3 is 14.9 Å². The predicted molar refractivity (Wildman–Crippen MR) is 67.4 cm³/mol. The maximum Gasteiger partial charge on any atom is 0.319 e. The fraction of sp³-hybridized carbons (Fsp3) is 0.769. The second kappa shape index (κ2) is 5.19. The molecule has 1 N–H and O–H groups in total. The largest absolute Gasteiger partial charge is 0.480 e. The number of likely N-dealkylation sites (tertiary alicyclic amines) is 1. The second-order valence-electron chi connectivity index (χ2n) is 5.49. The standard InChI is InChI=1S/C13H20N2O4/c1-14(9-10(16)15-7-2-3-8-15)11(17)13(12(18)19)5-4-6-13/h2-9H2,1H3,(H,18,19). The maximum absolute atomic E-state index is 12.2.